The number of aliphatic hydroxyl groups is 4. The number of aromatic amines is 1. The molecule has 0 unspecified atom stereocenters. The fourth-order valence-corrected chi connectivity index (χ4v) is 1.41. The van der Waals surface area contributed by atoms with E-state index in [1.54, 1.807) is 0 Å². The van der Waals surface area contributed by atoms with Crippen LogP contribution in [0.2, 0.25) is 0 Å². The van der Waals surface area contributed by atoms with Gasteiger partial charge in [0.2, 0.25) is 0 Å². The fourth-order valence-electron chi connectivity index (χ4n) is 1.41. The predicted octanol–water partition coefficient (Wildman–Crippen LogP) is -0.572. The maximum Gasteiger partial charge on any atom is 0.151 e. The summed E-state index contributed by atoms with van der Waals surface area (Å²) in [5.74, 6) is 0. The van der Waals surface area contributed by atoms with E-state index in [-0.39, 0.29) is 6.29 Å². The van der Waals surface area contributed by atoms with Crippen molar-refractivity contribution in [3.8, 4) is 0 Å². The second-order valence-electron chi connectivity index (χ2n) is 3.93. The molecule has 0 fully saturated rings. The maximum atomic E-state index is 9.76. The maximum absolute atomic E-state index is 9.76. The number of hydrogen-bond acceptors (Lipinski definition) is 5. The summed E-state index contributed by atoms with van der Waals surface area (Å²) in [6.07, 6.45) is -2.68. The van der Waals surface area contributed by atoms with Crippen LogP contribution in [0, 0.1) is 0 Å². The molecule has 1 heterocycles. The van der Waals surface area contributed by atoms with Crippen molar-refractivity contribution in [2.45, 2.75) is 18.3 Å². The summed E-state index contributed by atoms with van der Waals surface area (Å²) in [7, 11) is 0. The first-order valence-corrected chi connectivity index (χ1v) is 5.72. The molecule has 1 aromatic heterocycles. The number of nitrogens with one attached hydrogen (secondary N) is 1. The monoisotopic (exact) mass is 267 g/mol. The summed E-state index contributed by atoms with van der Waals surface area (Å²) >= 11 is 0. The Morgan fingerprint density at radius 1 is 1.16 bits per heavy atom. The Bertz CT molecular complexity index is 468. The van der Waals surface area contributed by atoms with E-state index in [2.05, 4.69) is 23.2 Å². The van der Waals surface area contributed by atoms with Gasteiger partial charge in [0.1, 0.15) is 18.3 Å². The molecule has 19 heavy (non-hydrogen) atoms. The summed E-state index contributed by atoms with van der Waals surface area (Å²) in [6, 6.07) is 10.3. The van der Waals surface area contributed by atoms with Gasteiger partial charge in [0, 0.05) is 11.7 Å². The summed E-state index contributed by atoms with van der Waals surface area (Å²) in [5, 5.41) is 35.3. The van der Waals surface area contributed by atoms with Crippen molar-refractivity contribution in [1.29, 1.82) is 0 Å². The van der Waals surface area contributed by atoms with Gasteiger partial charge in [-0.05, 0) is 17.5 Å². The highest BCUT2D eigenvalue weighted by atomic mass is 16.4. The summed E-state index contributed by atoms with van der Waals surface area (Å²) in [5.41, 5.74) is 1.21. The van der Waals surface area contributed by atoms with Gasteiger partial charge in [0.25, 0.3) is 0 Å². The van der Waals surface area contributed by atoms with E-state index in [4.69, 9.17) is 20.4 Å². The third-order valence-corrected chi connectivity index (χ3v) is 2.53. The van der Waals surface area contributed by atoms with E-state index in [0.29, 0.717) is 0 Å². The predicted molar refractivity (Wildman–Crippen MR) is 69.5 cm³/mol. The first-order valence-electron chi connectivity index (χ1n) is 5.72. The Morgan fingerprint density at radius 2 is 1.84 bits per heavy atom. The summed E-state index contributed by atoms with van der Waals surface area (Å²) in [4.78, 5) is 12.9. The summed E-state index contributed by atoms with van der Waals surface area (Å²) < 4.78 is 0. The lowest BCUT2D eigenvalue weighted by atomic mass is 10.1. The van der Waals surface area contributed by atoms with Gasteiger partial charge in [-0.1, -0.05) is 18.2 Å². The van der Waals surface area contributed by atoms with Crippen LogP contribution < -0.4 is 0 Å². The minimum absolute atomic E-state index is 0.0869. The van der Waals surface area contributed by atoms with Crippen LogP contribution in [0.5, 0.6) is 0 Å². The third-order valence-electron chi connectivity index (χ3n) is 2.53. The molecule has 0 aliphatic carbocycles. The molecule has 0 saturated heterocycles. The minimum atomic E-state index is -1.64. The largest absolute Gasteiger partial charge is 0.394 e. The van der Waals surface area contributed by atoms with Gasteiger partial charge in [-0.25, -0.2) is 0 Å². The van der Waals surface area contributed by atoms with Crippen LogP contribution in [0.15, 0.2) is 36.5 Å². The highest BCUT2D eigenvalue weighted by Crippen LogP contribution is 2.09. The molecule has 2 aromatic rings. The highest BCUT2D eigenvalue weighted by molar-refractivity contribution is 5.78. The second-order valence-corrected chi connectivity index (χ2v) is 3.93. The topological polar surface area (TPSA) is 114 Å². The number of para-hydroxylation sites is 1. The molecule has 104 valence electrons. The molecular formula is C13H17NO5. The minimum Gasteiger partial charge on any atom is -0.394 e. The molecular weight excluding hydrogens is 250 g/mol. The van der Waals surface area contributed by atoms with E-state index in [9.17, 15) is 4.79 Å². The van der Waals surface area contributed by atoms with Crippen molar-refractivity contribution in [2.24, 2.45) is 0 Å². The van der Waals surface area contributed by atoms with Crippen molar-refractivity contribution in [3.05, 3.63) is 36.5 Å². The number of carbonyl (C=O) groups is 1. The molecule has 0 aliphatic heterocycles. The van der Waals surface area contributed by atoms with E-state index in [1.807, 2.05) is 18.3 Å². The number of rotatable bonds is 4. The van der Waals surface area contributed by atoms with Crippen molar-refractivity contribution < 1.29 is 25.2 Å². The lowest BCUT2D eigenvalue weighted by molar-refractivity contribution is -0.127. The Labute approximate surface area is 109 Å². The molecule has 0 spiro atoms. The van der Waals surface area contributed by atoms with Gasteiger partial charge in [-0.3, -0.25) is 0 Å². The zero-order chi connectivity index (χ0) is 14.3. The number of aldehydes is 1. The molecule has 3 atom stereocenters. The van der Waals surface area contributed by atoms with Gasteiger partial charge in [0.15, 0.2) is 6.29 Å². The van der Waals surface area contributed by atoms with E-state index >= 15 is 0 Å². The van der Waals surface area contributed by atoms with Gasteiger partial charge >= 0.3 is 0 Å². The zero-order valence-electron chi connectivity index (χ0n) is 10.2. The van der Waals surface area contributed by atoms with Crippen LogP contribution in [-0.4, -0.2) is 56.6 Å². The van der Waals surface area contributed by atoms with Gasteiger partial charge in [0.05, 0.1) is 6.61 Å². The summed E-state index contributed by atoms with van der Waals surface area (Å²) in [6.45, 7) is -0.688. The van der Waals surface area contributed by atoms with Crippen molar-refractivity contribution in [3.63, 3.8) is 0 Å². The number of H-pyrrole nitrogens is 1. The molecule has 2 rings (SSSR count). The average Bonchev–Trinajstić information content (AvgIpc) is 2.93. The number of benzene rings is 1. The van der Waals surface area contributed by atoms with E-state index < -0.39 is 24.9 Å². The number of aliphatic hydroxyl groups excluding tert-OH is 4. The Kier molecular flexibility index (Phi) is 6.17. The van der Waals surface area contributed by atoms with Gasteiger partial charge in [-0.2, -0.15) is 0 Å². The fraction of sp³-hybridized carbons (Fsp3) is 0.308. The average molecular weight is 267 g/mol. The number of aromatic nitrogens is 1. The molecule has 6 heteroatoms. The Morgan fingerprint density at radius 3 is 2.42 bits per heavy atom. The van der Waals surface area contributed by atoms with Crippen LogP contribution in [-0.2, 0) is 4.79 Å². The van der Waals surface area contributed by atoms with E-state index in [1.165, 1.54) is 10.9 Å². The van der Waals surface area contributed by atoms with Crippen LogP contribution in [0.25, 0.3) is 10.9 Å². The second kappa shape index (κ2) is 7.65. The molecule has 0 amide bonds. The molecule has 5 N–H and O–H groups in total. The smallest absolute Gasteiger partial charge is 0.151 e. The Hall–Kier alpha value is -1.73. The Balaban J connectivity index is 0.000000190. The van der Waals surface area contributed by atoms with Crippen LogP contribution in [0.3, 0.4) is 0 Å². The lowest BCUT2D eigenvalue weighted by Gasteiger charge is -2.16. The van der Waals surface area contributed by atoms with E-state index in [0.717, 1.165) is 0 Å². The third kappa shape index (κ3) is 4.46. The first kappa shape index (κ1) is 15.3. The first-order chi connectivity index (χ1) is 9.10. The van der Waals surface area contributed by atoms with Crippen molar-refractivity contribution >= 4 is 17.2 Å². The van der Waals surface area contributed by atoms with Crippen LogP contribution >= 0.6 is 0 Å². The zero-order valence-corrected chi connectivity index (χ0v) is 10.2. The SMILES string of the molecule is O=C[C@H](O)[C@@H](O)[C@H](O)CO.c1ccc2[nH]ccc2c1. The molecule has 0 radical (unpaired) electrons. The van der Waals surface area contributed by atoms with Gasteiger partial charge in [-0.15, -0.1) is 0 Å². The van der Waals surface area contributed by atoms with Crippen molar-refractivity contribution in [1.82, 2.24) is 4.98 Å². The molecule has 6 nitrogen and oxygen atoms in total. The number of hydrogen-bond donors (Lipinski definition) is 5. The molecule has 0 bridgehead atoms. The molecule has 1 aromatic carbocycles. The van der Waals surface area contributed by atoms with Crippen LogP contribution in [0.4, 0.5) is 0 Å². The standard InChI is InChI=1S/C8H7N.C5H10O5/c1-2-4-8-7(3-1)5-6-9-8;6-1-3(8)5(10)4(9)2-7/h1-6,9H;1,3-5,7-10H,2H2/t;3-,4+,5+/m.0/s1. The molecule has 0 aliphatic rings. The molecule has 0 saturated carbocycles. The normalized spacial score (nSPS) is 15.2. The number of fused-ring (bicyclic) bond motifs is 1. The van der Waals surface area contributed by atoms with Crippen LogP contribution in [0.1, 0.15) is 0 Å². The quantitative estimate of drug-likeness (QED) is 0.476. The highest BCUT2D eigenvalue weighted by Gasteiger charge is 2.22. The van der Waals surface area contributed by atoms with Gasteiger partial charge < -0.3 is 30.2 Å². The number of carbonyl (C=O) groups excluding carboxylic acids is 1. The van der Waals surface area contributed by atoms with Crippen molar-refractivity contribution in [2.75, 3.05) is 6.61 Å². The lowest BCUT2D eigenvalue weighted by Crippen LogP contribution is -2.40.